The van der Waals surface area contributed by atoms with Crippen molar-refractivity contribution in [2.75, 3.05) is 11.6 Å². The molecular weight excluding hydrogens is 293 g/mol. The fraction of sp³-hybridized carbons (Fsp3) is 0.133. The van der Waals surface area contributed by atoms with Crippen LogP contribution in [0.15, 0.2) is 47.4 Å². The quantitative estimate of drug-likeness (QED) is 0.948. The van der Waals surface area contributed by atoms with Crippen molar-refractivity contribution in [3.8, 4) is 0 Å². The zero-order chi connectivity index (χ0) is 15.6. The number of aryl methyl sites for hydroxylation is 1. The van der Waals surface area contributed by atoms with Crippen LogP contribution in [0.4, 0.5) is 10.1 Å². The normalized spacial score (nSPS) is 11.2. The smallest absolute Gasteiger partial charge is 0.258 e. The molecule has 1 amide bonds. The number of nitrogens with one attached hydrogen (secondary N) is 1. The third-order valence-electron chi connectivity index (χ3n) is 2.91. The Bertz CT molecular complexity index is 783. The Kier molecular flexibility index (Phi) is 4.09. The lowest BCUT2D eigenvalue weighted by molar-refractivity contribution is 0.102. The van der Waals surface area contributed by atoms with Gasteiger partial charge in [0.25, 0.3) is 5.91 Å². The molecule has 0 aliphatic carbocycles. The average Bonchev–Trinajstić information content (AvgIpc) is 2.41. The number of carbonyl (C=O) groups is 1. The second-order valence-electron chi connectivity index (χ2n) is 4.73. The molecule has 0 aliphatic rings. The van der Waals surface area contributed by atoms with Gasteiger partial charge in [-0.25, -0.2) is 12.8 Å². The summed E-state index contributed by atoms with van der Waals surface area (Å²) >= 11 is 0. The average molecular weight is 307 g/mol. The second kappa shape index (κ2) is 5.65. The van der Waals surface area contributed by atoms with E-state index in [2.05, 4.69) is 5.32 Å². The molecule has 110 valence electrons. The van der Waals surface area contributed by atoms with Crippen molar-refractivity contribution in [1.82, 2.24) is 0 Å². The van der Waals surface area contributed by atoms with Crippen molar-refractivity contribution in [1.29, 1.82) is 0 Å². The number of sulfone groups is 1. The zero-order valence-corrected chi connectivity index (χ0v) is 12.4. The molecule has 0 radical (unpaired) electrons. The predicted molar refractivity (Wildman–Crippen MR) is 78.6 cm³/mol. The van der Waals surface area contributed by atoms with Crippen LogP contribution >= 0.6 is 0 Å². The Morgan fingerprint density at radius 1 is 1.10 bits per heavy atom. The predicted octanol–water partition coefficient (Wildman–Crippen LogP) is 2.79. The minimum atomic E-state index is -3.29. The highest BCUT2D eigenvalue weighted by Gasteiger charge is 2.13. The summed E-state index contributed by atoms with van der Waals surface area (Å²) < 4.78 is 36.3. The Balaban J connectivity index is 2.22. The highest BCUT2D eigenvalue weighted by Crippen LogP contribution is 2.16. The highest BCUT2D eigenvalue weighted by atomic mass is 32.2. The number of rotatable bonds is 3. The van der Waals surface area contributed by atoms with Crippen molar-refractivity contribution >= 4 is 21.4 Å². The Morgan fingerprint density at radius 2 is 1.71 bits per heavy atom. The molecule has 2 rings (SSSR count). The van der Waals surface area contributed by atoms with E-state index in [-0.39, 0.29) is 10.5 Å². The van der Waals surface area contributed by atoms with Crippen molar-refractivity contribution in [2.24, 2.45) is 0 Å². The summed E-state index contributed by atoms with van der Waals surface area (Å²) in [6, 6.07) is 9.96. The van der Waals surface area contributed by atoms with Gasteiger partial charge in [0.15, 0.2) is 9.84 Å². The maximum absolute atomic E-state index is 13.6. The van der Waals surface area contributed by atoms with E-state index >= 15 is 0 Å². The molecule has 0 bridgehead atoms. The van der Waals surface area contributed by atoms with Crippen LogP contribution in [0.2, 0.25) is 0 Å². The highest BCUT2D eigenvalue weighted by molar-refractivity contribution is 7.90. The van der Waals surface area contributed by atoms with Crippen LogP contribution < -0.4 is 5.32 Å². The van der Waals surface area contributed by atoms with E-state index in [1.807, 2.05) is 0 Å². The second-order valence-corrected chi connectivity index (χ2v) is 6.75. The van der Waals surface area contributed by atoms with Crippen LogP contribution in [-0.2, 0) is 9.84 Å². The molecule has 6 heteroatoms. The standard InChI is InChI=1S/C15H14FNO3S/c1-10-3-8-14(16)13(9-10)15(18)17-11-4-6-12(7-5-11)21(2,19)20/h3-9H,1-2H3,(H,17,18). The number of hydrogen-bond donors (Lipinski definition) is 1. The van der Waals surface area contributed by atoms with E-state index in [9.17, 15) is 17.6 Å². The molecular formula is C15H14FNO3S. The van der Waals surface area contributed by atoms with Crippen LogP contribution in [0.3, 0.4) is 0 Å². The van der Waals surface area contributed by atoms with Crippen molar-refractivity contribution in [3.05, 3.63) is 59.4 Å². The summed E-state index contributed by atoms with van der Waals surface area (Å²) in [4.78, 5) is 12.2. The number of amides is 1. The van der Waals surface area contributed by atoms with Gasteiger partial charge in [-0.15, -0.1) is 0 Å². The molecule has 0 atom stereocenters. The minimum Gasteiger partial charge on any atom is -0.322 e. The molecule has 1 N–H and O–H groups in total. The van der Waals surface area contributed by atoms with E-state index in [1.165, 1.54) is 36.4 Å². The van der Waals surface area contributed by atoms with Gasteiger partial charge < -0.3 is 5.32 Å². The molecule has 0 aliphatic heterocycles. The SMILES string of the molecule is Cc1ccc(F)c(C(=O)Nc2ccc(S(C)(=O)=O)cc2)c1. The van der Waals surface area contributed by atoms with Gasteiger partial charge in [0, 0.05) is 11.9 Å². The lowest BCUT2D eigenvalue weighted by Gasteiger charge is -2.07. The topological polar surface area (TPSA) is 63.2 Å². The summed E-state index contributed by atoms with van der Waals surface area (Å²) in [5.74, 6) is -1.19. The molecule has 2 aromatic carbocycles. The molecule has 0 saturated carbocycles. The molecule has 0 spiro atoms. The monoisotopic (exact) mass is 307 g/mol. The van der Waals surface area contributed by atoms with E-state index in [0.29, 0.717) is 5.69 Å². The summed E-state index contributed by atoms with van der Waals surface area (Å²) in [7, 11) is -3.29. The molecule has 0 fully saturated rings. The van der Waals surface area contributed by atoms with Gasteiger partial charge in [0.2, 0.25) is 0 Å². The van der Waals surface area contributed by atoms with E-state index < -0.39 is 21.6 Å². The maximum atomic E-state index is 13.6. The molecule has 4 nitrogen and oxygen atoms in total. The molecule has 2 aromatic rings. The first-order chi connectivity index (χ1) is 9.77. The van der Waals surface area contributed by atoms with E-state index in [4.69, 9.17) is 0 Å². The summed E-state index contributed by atoms with van der Waals surface area (Å²) in [6.07, 6.45) is 1.10. The van der Waals surface area contributed by atoms with Gasteiger partial charge in [-0.3, -0.25) is 4.79 Å². The molecule has 0 saturated heterocycles. The van der Waals surface area contributed by atoms with Gasteiger partial charge in [-0.05, 0) is 43.3 Å². The van der Waals surface area contributed by atoms with Crippen LogP contribution in [0.1, 0.15) is 15.9 Å². The van der Waals surface area contributed by atoms with Gasteiger partial charge >= 0.3 is 0 Å². The van der Waals surface area contributed by atoms with Crippen LogP contribution in [0.25, 0.3) is 0 Å². The van der Waals surface area contributed by atoms with Crippen molar-refractivity contribution in [2.45, 2.75) is 11.8 Å². The third kappa shape index (κ3) is 3.66. The lowest BCUT2D eigenvalue weighted by atomic mass is 10.1. The fourth-order valence-corrected chi connectivity index (χ4v) is 2.43. The Hall–Kier alpha value is -2.21. The minimum absolute atomic E-state index is 0.0535. The Labute approximate surface area is 122 Å². The largest absolute Gasteiger partial charge is 0.322 e. The first-order valence-corrected chi connectivity index (χ1v) is 8.04. The third-order valence-corrected chi connectivity index (χ3v) is 4.04. The Morgan fingerprint density at radius 3 is 2.29 bits per heavy atom. The van der Waals surface area contributed by atoms with Gasteiger partial charge in [-0.1, -0.05) is 11.6 Å². The van der Waals surface area contributed by atoms with Crippen molar-refractivity contribution < 1.29 is 17.6 Å². The van der Waals surface area contributed by atoms with Gasteiger partial charge in [0.1, 0.15) is 5.82 Å². The maximum Gasteiger partial charge on any atom is 0.258 e. The van der Waals surface area contributed by atoms with E-state index in [1.54, 1.807) is 13.0 Å². The van der Waals surface area contributed by atoms with Gasteiger partial charge in [-0.2, -0.15) is 0 Å². The zero-order valence-electron chi connectivity index (χ0n) is 11.6. The van der Waals surface area contributed by atoms with Crippen LogP contribution in [0, 0.1) is 12.7 Å². The number of halogens is 1. The molecule has 0 heterocycles. The molecule has 21 heavy (non-hydrogen) atoms. The first kappa shape index (κ1) is 15.2. The summed E-state index contributed by atoms with van der Waals surface area (Å²) in [5.41, 5.74) is 1.12. The lowest BCUT2D eigenvalue weighted by Crippen LogP contribution is -2.14. The molecule has 0 aromatic heterocycles. The first-order valence-electron chi connectivity index (χ1n) is 6.15. The number of anilines is 1. The number of hydrogen-bond acceptors (Lipinski definition) is 3. The van der Waals surface area contributed by atoms with Crippen molar-refractivity contribution in [3.63, 3.8) is 0 Å². The molecule has 0 unspecified atom stereocenters. The van der Waals surface area contributed by atoms with Crippen LogP contribution in [-0.4, -0.2) is 20.6 Å². The summed E-state index contributed by atoms with van der Waals surface area (Å²) in [5, 5.41) is 2.53. The number of carbonyl (C=O) groups excluding carboxylic acids is 1. The van der Waals surface area contributed by atoms with Crippen LogP contribution in [0.5, 0.6) is 0 Å². The summed E-state index contributed by atoms with van der Waals surface area (Å²) in [6.45, 7) is 1.76. The number of benzene rings is 2. The van der Waals surface area contributed by atoms with Gasteiger partial charge in [0.05, 0.1) is 10.5 Å². The van der Waals surface area contributed by atoms with E-state index in [0.717, 1.165) is 11.8 Å². The fourth-order valence-electron chi connectivity index (χ4n) is 1.80.